The number of benzene rings is 1. The van der Waals surface area contributed by atoms with Gasteiger partial charge in [0.05, 0.1) is 16.0 Å². The van der Waals surface area contributed by atoms with Crippen LogP contribution in [-0.4, -0.2) is 9.97 Å². The largest absolute Gasteiger partial charge is 0.233 e. The molecule has 0 unspecified atom stereocenters. The first-order chi connectivity index (χ1) is 8.52. The molecule has 2 nitrogen and oxygen atoms in total. The van der Waals surface area contributed by atoms with Crippen LogP contribution in [0.2, 0.25) is 0 Å². The molecule has 1 aromatic carbocycles. The van der Waals surface area contributed by atoms with Crippen LogP contribution in [0.3, 0.4) is 0 Å². The summed E-state index contributed by atoms with van der Waals surface area (Å²) in [5.74, 6) is -1.32. The number of nitrogens with zero attached hydrogens (tertiary/aromatic N) is 2. The fraction of sp³-hybridized carbons (Fsp3) is 0.167. The normalized spacial score (nSPS) is 10.7. The number of halogens is 4. The smallest absolute Gasteiger partial charge is 0.173 e. The average molecular weight is 334 g/mol. The maximum absolute atomic E-state index is 13.5. The lowest BCUT2D eigenvalue weighted by Gasteiger charge is -2.07. The van der Waals surface area contributed by atoms with E-state index < -0.39 is 11.6 Å². The van der Waals surface area contributed by atoms with Crippen LogP contribution >= 0.6 is 27.5 Å². The van der Waals surface area contributed by atoms with E-state index in [1.807, 2.05) is 0 Å². The van der Waals surface area contributed by atoms with Crippen LogP contribution in [0.15, 0.2) is 22.7 Å². The van der Waals surface area contributed by atoms with Gasteiger partial charge in [0.1, 0.15) is 0 Å². The van der Waals surface area contributed by atoms with E-state index in [0.29, 0.717) is 22.8 Å². The van der Waals surface area contributed by atoms with Crippen molar-refractivity contribution in [2.45, 2.75) is 12.8 Å². The van der Waals surface area contributed by atoms with Crippen LogP contribution in [-0.2, 0) is 5.88 Å². The number of hydrogen-bond acceptors (Lipinski definition) is 2. The van der Waals surface area contributed by atoms with E-state index >= 15 is 0 Å². The molecule has 0 aliphatic carbocycles. The molecule has 6 heteroatoms. The van der Waals surface area contributed by atoms with E-state index in [-0.39, 0.29) is 10.4 Å². The molecule has 0 aliphatic heterocycles. The van der Waals surface area contributed by atoms with E-state index in [1.165, 1.54) is 6.07 Å². The quantitative estimate of drug-likeness (QED) is 0.607. The van der Waals surface area contributed by atoms with Crippen molar-refractivity contribution in [3.05, 3.63) is 45.7 Å². The Kier molecular flexibility index (Phi) is 3.92. The predicted molar refractivity (Wildman–Crippen MR) is 69.4 cm³/mol. The first-order valence-electron chi connectivity index (χ1n) is 5.07. The third-order valence-electron chi connectivity index (χ3n) is 2.32. The van der Waals surface area contributed by atoms with Crippen molar-refractivity contribution in [2.75, 3.05) is 0 Å². The summed E-state index contributed by atoms with van der Waals surface area (Å²) in [6.45, 7) is 1.79. The van der Waals surface area contributed by atoms with Gasteiger partial charge in [-0.25, -0.2) is 18.7 Å². The SMILES string of the molecule is Cc1cc(CCl)nc(-c2ccc(F)c(F)c2Br)n1. The molecule has 0 atom stereocenters. The second-order valence-electron chi connectivity index (χ2n) is 3.68. The highest BCUT2D eigenvalue weighted by atomic mass is 79.9. The van der Waals surface area contributed by atoms with Crippen LogP contribution in [0.5, 0.6) is 0 Å². The van der Waals surface area contributed by atoms with Gasteiger partial charge in [-0.1, -0.05) is 0 Å². The standard InChI is InChI=1S/C12H8BrClF2N2/c1-6-4-7(5-14)18-12(17-6)8-2-3-9(15)11(16)10(8)13/h2-4H,5H2,1H3. The average Bonchev–Trinajstić information content (AvgIpc) is 2.35. The van der Waals surface area contributed by atoms with Crippen LogP contribution in [0.1, 0.15) is 11.4 Å². The first-order valence-corrected chi connectivity index (χ1v) is 6.40. The minimum Gasteiger partial charge on any atom is -0.233 e. The Morgan fingerprint density at radius 2 is 2.00 bits per heavy atom. The fourth-order valence-electron chi connectivity index (χ4n) is 1.52. The summed E-state index contributed by atoms with van der Waals surface area (Å²) in [4.78, 5) is 8.39. The summed E-state index contributed by atoms with van der Waals surface area (Å²) in [6, 6.07) is 4.21. The summed E-state index contributed by atoms with van der Waals surface area (Å²) in [7, 11) is 0. The zero-order chi connectivity index (χ0) is 13.3. The fourth-order valence-corrected chi connectivity index (χ4v) is 2.16. The Labute approximate surface area is 116 Å². The number of aromatic nitrogens is 2. The van der Waals surface area contributed by atoms with Gasteiger partial charge in [0.25, 0.3) is 0 Å². The van der Waals surface area contributed by atoms with Crippen LogP contribution in [0.4, 0.5) is 8.78 Å². The highest BCUT2D eigenvalue weighted by Gasteiger charge is 2.15. The predicted octanol–water partition coefficient (Wildman–Crippen LogP) is 4.23. The molecule has 0 N–H and O–H groups in total. The van der Waals surface area contributed by atoms with E-state index in [2.05, 4.69) is 25.9 Å². The van der Waals surface area contributed by atoms with Gasteiger partial charge in [-0.3, -0.25) is 0 Å². The molecule has 0 saturated carbocycles. The van der Waals surface area contributed by atoms with Crippen molar-refractivity contribution >= 4 is 27.5 Å². The maximum Gasteiger partial charge on any atom is 0.173 e. The number of aryl methyl sites for hydroxylation is 1. The molecule has 18 heavy (non-hydrogen) atoms. The van der Waals surface area contributed by atoms with Crippen LogP contribution in [0.25, 0.3) is 11.4 Å². The Hall–Kier alpha value is -1.07. The second-order valence-corrected chi connectivity index (χ2v) is 4.74. The van der Waals surface area contributed by atoms with E-state index in [0.717, 1.165) is 6.07 Å². The Bertz CT molecular complexity index is 605. The minimum atomic E-state index is -0.954. The summed E-state index contributed by atoms with van der Waals surface area (Å²) in [5.41, 5.74) is 1.74. The lowest BCUT2D eigenvalue weighted by Crippen LogP contribution is -1.98. The van der Waals surface area contributed by atoms with Gasteiger partial charge in [0, 0.05) is 11.3 Å². The van der Waals surface area contributed by atoms with Crippen molar-refractivity contribution in [2.24, 2.45) is 0 Å². The maximum atomic E-state index is 13.5. The van der Waals surface area contributed by atoms with Gasteiger partial charge < -0.3 is 0 Å². The molecular formula is C12H8BrClF2N2. The van der Waals surface area contributed by atoms with Gasteiger partial charge in [-0.2, -0.15) is 0 Å². The number of alkyl halides is 1. The van der Waals surface area contributed by atoms with E-state index in [1.54, 1.807) is 13.0 Å². The minimum absolute atomic E-state index is 0.00798. The number of rotatable bonds is 2. The lowest BCUT2D eigenvalue weighted by atomic mass is 10.2. The Morgan fingerprint density at radius 3 is 2.67 bits per heavy atom. The zero-order valence-electron chi connectivity index (χ0n) is 9.35. The highest BCUT2D eigenvalue weighted by molar-refractivity contribution is 9.10. The van der Waals surface area contributed by atoms with Crippen molar-refractivity contribution < 1.29 is 8.78 Å². The molecule has 0 saturated heterocycles. The monoisotopic (exact) mass is 332 g/mol. The van der Waals surface area contributed by atoms with Gasteiger partial charge in [0.15, 0.2) is 17.5 Å². The summed E-state index contributed by atoms with van der Waals surface area (Å²) in [5, 5.41) is 0. The van der Waals surface area contributed by atoms with Crippen molar-refractivity contribution in [1.82, 2.24) is 9.97 Å². The van der Waals surface area contributed by atoms with Gasteiger partial charge in [0.2, 0.25) is 0 Å². The zero-order valence-corrected chi connectivity index (χ0v) is 11.7. The number of hydrogen-bond donors (Lipinski definition) is 0. The third kappa shape index (κ3) is 2.52. The van der Waals surface area contributed by atoms with Crippen molar-refractivity contribution in [3.8, 4) is 11.4 Å². The second kappa shape index (κ2) is 5.28. The molecule has 1 aromatic heterocycles. The Balaban J connectivity index is 2.62. The Morgan fingerprint density at radius 1 is 1.28 bits per heavy atom. The molecule has 94 valence electrons. The lowest BCUT2D eigenvalue weighted by molar-refractivity contribution is 0.504. The van der Waals surface area contributed by atoms with Crippen LogP contribution < -0.4 is 0 Å². The van der Waals surface area contributed by atoms with Crippen LogP contribution in [0, 0.1) is 18.6 Å². The molecule has 0 radical (unpaired) electrons. The molecule has 2 rings (SSSR count). The van der Waals surface area contributed by atoms with E-state index in [4.69, 9.17) is 11.6 Å². The molecule has 0 aliphatic rings. The van der Waals surface area contributed by atoms with Gasteiger partial charge >= 0.3 is 0 Å². The summed E-state index contributed by atoms with van der Waals surface area (Å²) >= 11 is 8.73. The third-order valence-corrected chi connectivity index (χ3v) is 3.37. The summed E-state index contributed by atoms with van der Waals surface area (Å²) < 4.78 is 26.5. The van der Waals surface area contributed by atoms with E-state index in [9.17, 15) is 8.78 Å². The molecule has 2 aromatic rings. The summed E-state index contributed by atoms with van der Waals surface area (Å²) in [6.07, 6.45) is 0. The van der Waals surface area contributed by atoms with Crippen molar-refractivity contribution in [3.63, 3.8) is 0 Å². The molecule has 0 spiro atoms. The van der Waals surface area contributed by atoms with Gasteiger partial charge in [-0.15, -0.1) is 11.6 Å². The highest BCUT2D eigenvalue weighted by Crippen LogP contribution is 2.30. The van der Waals surface area contributed by atoms with Gasteiger partial charge in [-0.05, 0) is 41.1 Å². The molecule has 0 amide bonds. The topological polar surface area (TPSA) is 25.8 Å². The van der Waals surface area contributed by atoms with Crippen molar-refractivity contribution in [1.29, 1.82) is 0 Å². The molecule has 0 fully saturated rings. The first kappa shape index (κ1) is 13.4. The molecule has 1 heterocycles. The molecular weight excluding hydrogens is 325 g/mol. The molecule has 0 bridgehead atoms.